The van der Waals surface area contributed by atoms with E-state index in [1.807, 2.05) is 6.92 Å². The van der Waals surface area contributed by atoms with Gasteiger partial charge < -0.3 is 10.4 Å². The lowest BCUT2D eigenvalue weighted by Crippen LogP contribution is -2.36. The minimum absolute atomic E-state index is 0.0245. The summed E-state index contributed by atoms with van der Waals surface area (Å²) in [5.74, 6) is 1.94. The minimum atomic E-state index is -0.593. The maximum absolute atomic E-state index is 12.9. The average Bonchev–Trinajstić information content (AvgIpc) is 3.07. The number of aliphatic hydroxyl groups excluding tert-OH is 1. The fourth-order valence-corrected chi connectivity index (χ4v) is 3.53. The van der Waals surface area contributed by atoms with Crippen molar-refractivity contribution < 1.29 is 9.50 Å². The summed E-state index contributed by atoms with van der Waals surface area (Å²) < 4.78 is 12.9. The van der Waals surface area contributed by atoms with Crippen LogP contribution in [0.1, 0.15) is 31.4 Å². The van der Waals surface area contributed by atoms with Crippen molar-refractivity contribution in [3.8, 4) is 0 Å². The number of hydrogen-bond acceptors (Lipinski definition) is 2. The zero-order valence-corrected chi connectivity index (χ0v) is 11.8. The molecule has 2 bridgehead atoms. The molecule has 2 nitrogen and oxygen atoms in total. The average molecular weight is 275 g/mol. The molecule has 3 rings (SSSR count). The number of fused-ring (bicyclic) bond motifs is 2. The number of rotatable bonds is 5. The van der Waals surface area contributed by atoms with Crippen molar-refractivity contribution in [2.24, 2.45) is 17.8 Å². The van der Waals surface area contributed by atoms with Gasteiger partial charge >= 0.3 is 0 Å². The molecule has 0 heterocycles. The fourth-order valence-electron chi connectivity index (χ4n) is 3.53. The number of aliphatic hydroxyl groups is 1. The maximum atomic E-state index is 12.9. The lowest BCUT2D eigenvalue weighted by Gasteiger charge is -2.25. The Morgan fingerprint density at radius 1 is 1.25 bits per heavy atom. The first-order chi connectivity index (χ1) is 9.63. The van der Waals surface area contributed by atoms with Crippen LogP contribution in [0.2, 0.25) is 0 Å². The zero-order valence-electron chi connectivity index (χ0n) is 11.8. The highest BCUT2D eigenvalue weighted by Gasteiger charge is 2.35. The largest absolute Gasteiger partial charge is 0.387 e. The third-order valence-corrected chi connectivity index (χ3v) is 4.80. The number of halogens is 1. The number of benzene rings is 1. The van der Waals surface area contributed by atoms with Crippen molar-refractivity contribution in [1.29, 1.82) is 0 Å². The first-order valence-corrected chi connectivity index (χ1v) is 7.48. The van der Waals surface area contributed by atoms with E-state index in [4.69, 9.17) is 0 Å². The van der Waals surface area contributed by atoms with Crippen LogP contribution in [0.5, 0.6) is 0 Å². The Morgan fingerprint density at radius 3 is 2.60 bits per heavy atom. The Hall–Kier alpha value is -1.19. The number of nitrogens with one attached hydrogen (secondary N) is 1. The van der Waals surface area contributed by atoms with Crippen LogP contribution in [-0.2, 0) is 0 Å². The van der Waals surface area contributed by atoms with Crippen LogP contribution in [0.15, 0.2) is 36.4 Å². The summed E-state index contributed by atoms with van der Waals surface area (Å²) >= 11 is 0. The second-order valence-electron chi connectivity index (χ2n) is 6.23. The van der Waals surface area contributed by atoms with Gasteiger partial charge in [0, 0.05) is 6.04 Å². The van der Waals surface area contributed by atoms with Gasteiger partial charge in [-0.1, -0.05) is 24.3 Å². The van der Waals surface area contributed by atoms with Gasteiger partial charge in [-0.25, -0.2) is 4.39 Å². The molecule has 2 N–H and O–H groups in total. The van der Waals surface area contributed by atoms with E-state index in [0.29, 0.717) is 5.92 Å². The predicted octanol–water partition coefficient (Wildman–Crippen LogP) is 3.05. The first-order valence-electron chi connectivity index (χ1n) is 7.48. The van der Waals surface area contributed by atoms with Crippen molar-refractivity contribution in [2.75, 3.05) is 6.54 Å². The topological polar surface area (TPSA) is 32.3 Å². The SMILES string of the molecule is CC(NCC1CC2C=CC1C2)C(O)c1ccc(F)cc1. The van der Waals surface area contributed by atoms with E-state index < -0.39 is 6.10 Å². The van der Waals surface area contributed by atoms with Crippen LogP contribution in [-0.4, -0.2) is 17.7 Å². The number of hydrogen-bond donors (Lipinski definition) is 2. The lowest BCUT2D eigenvalue weighted by molar-refractivity contribution is 0.132. The highest BCUT2D eigenvalue weighted by atomic mass is 19.1. The maximum Gasteiger partial charge on any atom is 0.123 e. The third-order valence-electron chi connectivity index (χ3n) is 4.80. The third kappa shape index (κ3) is 2.79. The molecular weight excluding hydrogens is 253 g/mol. The van der Waals surface area contributed by atoms with E-state index >= 15 is 0 Å². The highest BCUT2D eigenvalue weighted by molar-refractivity contribution is 5.19. The summed E-state index contributed by atoms with van der Waals surface area (Å²) in [6, 6.07) is 6.07. The molecule has 5 unspecified atom stereocenters. The van der Waals surface area contributed by atoms with Crippen molar-refractivity contribution in [3.05, 3.63) is 47.8 Å². The molecule has 1 aromatic carbocycles. The Labute approximate surface area is 119 Å². The lowest BCUT2D eigenvalue weighted by atomic mass is 9.93. The van der Waals surface area contributed by atoms with Crippen LogP contribution in [0.25, 0.3) is 0 Å². The molecule has 1 aromatic rings. The summed E-state index contributed by atoms with van der Waals surface area (Å²) in [5, 5.41) is 13.7. The molecule has 20 heavy (non-hydrogen) atoms. The molecule has 3 heteroatoms. The van der Waals surface area contributed by atoms with Gasteiger partial charge in [-0.15, -0.1) is 0 Å². The fraction of sp³-hybridized carbons (Fsp3) is 0.529. The standard InChI is InChI=1S/C17H22FNO/c1-11(17(20)13-4-6-16(18)7-5-13)19-10-15-9-12-2-3-14(15)8-12/h2-7,11-12,14-15,17,19-20H,8-10H2,1H3. The second kappa shape index (κ2) is 5.66. The van der Waals surface area contributed by atoms with Crippen LogP contribution in [0.4, 0.5) is 4.39 Å². The second-order valence-corrected chi connectivity index (χ2v) is 6.23. The van der Waals surface area contributed by atoms with E-state index in [1.165, 1.54) is 25.0 Å². The molecule has 0 amide bonds. The van der Waals surface area contributed by atoms with Gasteiger partial charge in [0.15, 0.2) is 0 Å². The molecule has 0 aromatic heterocycles. The Morgan fingerprint density at radius 2 is 2.00 bits per heavy atom. The van der Waals surface area contributed by atoms with Crippen molar-refractivity contribution >= 4 is 0 Å². The Kier molecular flexibility index (Phi) is 3.90. The molecule has 2 aliphatic rings. The summed E-state index contributed by atoms with van der Waals surface area (Å²) in [7, 11) is 0. The van der Waals surface area contributed by atoms with Crippen LogP contribution >= 0.6 is 0 Å². The van der Waals surface area contributed by atoms with E-state index in [1.54, 1.807) is 12.1 Å². The molecule has 0 spiro atoms. The van der Waals surface area contributed by atoms with Gasteiger partial charge in [0.1, 0.15) is 5.82 Å². The van der Waals surface area contributed by atoms with E-state index in [0.717, 1.165) is 23.9 Å². The van der Waals surface area contributed by atoms with Gasteiger partial charge in [0.2, 0.25) is 0 Å². The van der Waals surface area contributed by atoms with Crippen molar-refractivity contribution in [1.82, 2.24) is 5.32 Å². The van der Waals surface area contributed by atoms with E-state index in [9.17, 15) is 9.50 Å². The van der Waals surface area contributed by atoms with E-state index in [2.05, 4.69) is 17.5 Å². The molecular formula is C17H22FNO. The van der Waals surface area contributed by atoms with Gasteiger partial charge in [0.05, 0.1) is 6.10 Å². The Bertz CT molecular complexity index is 484. The molecule has 5 atom stereocenters. The van der Waals surface area contributed by atoms with Gasteiger partial charge in [0.25, 0.3) is 0 Å². The summed E-state index contributed by atoms with van der Waals surface area (Å²) in [5.41, 5.74) is 0.763. The Balaban J connectivity index is 1.52. The minimum Gasteiger partial charge on any atom is -0.387 e. The monoisotopic (exact) mass is 275 g/mol. The molecule has 0 radical (unpaired) electrons. The molecule has 0 saturated heterocycles. The van der Waals surface area contributed by atoms with Crippen LogP contribution in [0, 0.1) is 23.6 Å². The molecule has 2 aliphatic carbocycles. The quantitative estimate of drug-likeness (QED) is 0.810. The summed E-state index contributed by atoms with van der Waals surface area (Å²) in [6.45, 7) is 2.93. The van der Waals surface area contributed by atoms with Gasteiger partial charge in [-0.3, -0.25) is 0 Å². The highest BCUT2D eigenvalue weighted by Crippen LogP contribution is 2.43. The van der Waals surface area contributed by atoms with Crippen LogP contribution < -0.4 is 5.32 Å². The predicted molar refractivity (Wildman–Crippen MR) is 77.7 cm³/mol. The number of allylic oxidation sites excluding steroid dienone is 2. The smallest absolute Gasteiger partial charge is 0.123 e. The molecule has 0 aliphatic heterocycles. The van der Waals surface area contributed by atoms with E-state index in [-0.39, 0.29) is 11.9 Å². The molecule has 1 saturated carbocycles. The summed E-state index contributed by atoms with van der Waals surface area (Å²) in [6.07, 6.45) is 6.68. The van der Waals surface area contributed by atoms with Gasteiger partial charge in [-0.2, -0.15) is 0 Å². The van der Waals surface area contributed by atoms with Crippen molar-refractivity contribution in [2.45, 2.75) is 31.9 Å². The van der Waals surface area contributed by atoms with Crippen molar-refractivity contribution in [3.63, 3.8) is 0 Å². The molecule has 108 valence electrons. The normalized spacial score (nSPS) is 30.6. The van der Waals surface area contributed by atoms with Crippen LogP contribution in [0.3, 0.4) is 0 Å². The summed E-state index contributed by atoms with van der Waals surface area (Å²) in [4.78, 5) is 0. The molecule has 1 fully saturated rings. The zero-order chi connectivity index (χ0) is 14.1. The first kappa shape index (κ1) is 13.8. The van der Waals surface area contributed by atoms with Gasteiger partial charge in [-0.05, 0) is 61.8 Å².